The van der Waals surface area contributed by atoms with Gasteiger partial charge in [0.05, 0.1) is 26.9 Å². The van der Waals surface area contributed by atoms with Crippen LogP contribution in [0.3, 0.4) is 0 Å². The van der Waals surface area contributed by atoms with Gasteiger partial charge in [-0.15, -0.1) is 0 Å². The number of aromatic nitrogens is 3. The molecule has 0 aliphatic rings. The number of carbonyl (C=O) groups excluding carboxylic acids is 1. The summed E-state index contributed by atoms with van der Waals surface area (Å²) in [5.41, 5.74) is 3.52. The first kappa shape index (κ1) is 29.4. The van der Waals surface area contributed by atoms with Crippen LogP contribution in [0, 0.1) is 17.0 Å². The summed E-state index contributed by atoms with van der Waals surface area (Å²) >= 11 is 0. The predicted molar refractivity (Wildman–Crippen MR) is 173 cm³/mol. The van der Waals surface area contributed by atoms with Crippen molar-refractivity contribution < 1.29 is 18.1 Å². The van der Waals surface area contributed by atoms with Crippen molar-refractivity contribution in [2.24, 2.45) is 0 Å². The van der Waals surface area contributed by atoms with Gasteiger partial charge in [-0.2, -0.15) is 0 Å². The van der Waals surface area contributed by atoms with Crippen molar-refractivity contribution in [2.45, 2.75) is 29.7 Å². The monoisotopic (exact) mass is 617 g/mol. The second-order valence-electron chi connectivity index (χ2n) is 10.5. The van der Waals surface area contributed by atoms with E-state index in [9.17, 15) is 23.3 Å². The number of nitro benzene ring substituents is 1. The molecule has 0 spiro atoms. The van der Waals surface area contributed by atoms with Crippen molar-refractivity contribution in [3.8, 4) is 0 Å². The van der Waals surface area contributed by atoms with Gasteiger partial charge in [0.1, 0.15) is 16.2 Å². The molecular weight excluding hydrogens is 590 g/mol. The number of benzene rings is 4. The molecule has 1 amide bonds. The topological polar surface area (TPSA) is 137 Å². The number of anilines is 1. The van der Waals surface area contributed by atoms with Gasteiger partial charge < -0.3 is 9.88 Å². The Hall–Kier alpha value is -5.68. The number of hydrogen-bond donors (Lipinski definition) is 1. The third kappa shape index (κ3) is 5.68. The highest BCUT2D eigenvalue weighted by atomic mass is 32.2. The van der Waals surface area contributed by atoms with E-state index in [2.05, 4.69) is 5.32 Å². The van der Waals surface area contributed by atoms with Crippen molar-refractivity contribution >= 4 is 55.5 Å². The molecule has 0 unspecified atom stereocenters. The lowest BCUT2D eigenvalue weighted by Gasteiger charge is -2.19. The van der Waals surface area contributed by atoms with Crippen LogP contribution < -0.4 is 5.32 Å². The Labute approximate surface area is 258 Å². The molecule has 1 N–H and O–H groups in total. The number of hydrogen-bond acceptors (Lipinski definition) is 7. The fourth-order valence-electron chi connectivity index (χ4n) is 5.18. The maximum Gasteiger partial charge on any atom is 0.270 e. The molecule has 1 atom stereocenters. The molecule has 0 bridgehead atoms. The molecule has 2 heterocycles. The lowest BCUT2D eigenvalue weighted by molar-refractivity contribution is -0.384. The molecule has 4 aromatic carbocycles. The molecule has 224 valence electrons. The van der Waals surface area contributed by atoms with Crippen molar-refractivity contribution in [2.75, 3.05) is 5.32 Å². The van der Waals surface area contributed by atoms with E-state index in [1.165, 1.54) is 42.5 Å². The number of amides is 1. The minimum atomic E-state index is -4.24. The number of para-hydroxylation sites is 2. The van der Waals surface area contributed by atoms with Crippen LogP contribution in [-0.4, -0.2) is 33.8 Å². The van der Waals surface area contributed by atoms with Gasteiger partial charge in [-0.3, -0.25) is 14.9 Å². The molecule has 45 heavy (non-hydrogen) atoms. The van der Waals surface area contributed by atoms with Crippen LogP contribution in [0.1, 0.15) is 29.7 Å². The molecule has 0 saturated heterocycles. The number of nitrogens with one attached hydrogen (secondary N) is 1. The van der Waals surface area contributed by atoms with E-state index in [4.69, 9.17) is 9.97 Å². The van der Waals surface area contributed by atoms with E-state index >= 15 is 0 Å². The molecule has 11 heteroatoms. The van der Waals surface area contributed by atoms with Gasteiger partial charge in [0.15, 0.2) is 5.65 Å². The van der Waals surface area contributed by atoms with E-state index in [0.29, 0.717) is 16.6 Å². The summed E-state index contributed by atoms with van der Waals surface area (Å²) < 4.78 is 30.6. The van der Waals surface area contributed by atoms with Gasteiger partial charge in [-0.1, -0.05) is 72.3 Å². The van der Waals surface area contributed by atoms with Gasteiger partial charge in [-0.05, 0) is 55.3 Å². The number of carbonyl (C=O) groups is 1. The van der Waals surface area contributed by atoms with Crippen LogP contribution in [0.5, 0.6) is 0 Å². The molecule has 10 nitrogen and oxygen atoms in total. The molecule has 6 aromatic rings. The van der Waals surface area contributed by atoms with Crippen LogP contribution in [0.2, 0.25) is 0 Å². The van der Waals surface area contributed by atoms with Crippen molar-refractivity contribution in [1.82, 2.24) is 14.5 Å². The molecular formula is C34H27N5O5S. The van der Waals surface area contributed by atoms with E-state index < -0.39 is 26.7 Å². The maximum absolute atomic E-state index is 14.4. The standard InChI is InChI=1S/C34H27N5O5S/c1-22-15-18-27(19-16-22)45(43,44)32-31-33(36-29-14-7-6-13-28(29)35-31)38(23(2)25-10-4-3-5-11-25)34(32)37-30(40)20-17-24-9-8-12-26(21-24)39(41)42/h3-21,23H,1-2H3,(H,37,40)/b20-17+/t23-/m0/s1. The van der Waals surface area contributed by atoms with Crippen LogP contribution in [0.4, 0.5) is 11.5 Å². The Kier molecular flexibility index (Phi) is 7.69. The SMILES string of the molecule is Cc1ccc(S(=O)(=O)c2c(NC(=O)/C=C/c3cccc([N+](=O)[O-])c3)n([C@@H](C)c3ccccc3)c3nc4ccccc4nc23)cc1. The number of nitro groups is 1. The Morgan fingerprint density at radius 1 is 0.911 bits per heavy atom. The fraction of sp³-hybridized carbons (Fsp3) is 0.0882. The number of rotatable bonds is 8. The summed E-state index contributed by atoms with van der Waals surface area (Å²) in [7, 11) is -4.24. The normalized spacial score (nSPS) is 12.5. The second kappa shape index (κ2) is 11.8. The summed E-state index contributed by atoms with van der Waals surface area (Å²) in [5, 5.41) is 14.0. The lowest BCUT2D eigenvalue weighted by atomic mass is 10.1. The van der Waals surface area contributed by atoms with E-state index in [0.717, 1.165) is 11.1 Å². The van der Waals surface area contributed by atoms with Crippen LogP contribution in [0.25, 0.3) is 28.3 Å². The fourth-order valence-corrected chi connectivity index (χ4v) is 6.70. The number of non-ortho nitro benzene ring substituents is 1. The average Bonchev–Trinajstić information content (AvgIpc) is 3.35. The lowest BCUT2D eigenvalue weighted by Crippen LogP contribution is -2.18. The Morgan fingerprint density at radius 2 is 1.58 bits per heavy atom. The maximum atomic E-state index is 14.4. The Morgan fingerprint density at radius 3 is 2.27 bits per heavy atom. The van der Waals surface area contributed by atoms with Crippen LogP contribution >= 0.6 is 0 Å². The van der Waals surface area contributed by atoms with Gasteiger partial charge in [0.2, 0.25) is 15.7 Å². The summed E-state index contributed by atoms with van der Waals surface area (Å²) in [6, 6.07) is 28.4. The first-order valence-electron chi connectivity index (χ1n) is 14.0. The summed E-state index contributed by atoms with van der Waals surface area (Å²) in [5.74, 6) is -0.637. The van der Waals surface area contributed by atoms with Crippen LogP contribution in [0.15, 0.2) is 119 Å². The van der Waals surface area contributed by atoms with Gasteiger partial charge >= 0.3 is 0 Å². The quantitative estimate of drug-likeness (QED) is 0.111. The zero-order chi connectivity index (χ0) is 31.7. The largest absolute Gasteiger partial charge is 0.307 e. The first-order valence-corrected chi connectivity index (χ1v) is 15.5. The molecule has 6 rings (SSSR count). The van der Waals surface area contributed by atoms with E-state index in [1.807, 2.05) is 50.2 Å². The first-order chi connectivity index (χ1) is 21.6. The van der Waals surface area contributed by atoms with E-state index in [-0.39, 0.29) is 32.5 Å². The second-order valence-corrected chi connectivity index (χ2v) is 12.4. The van der Waals surface area contributed by atoms with Gasteiger partial charge in [-0.25, -0.2) is 18.4 Å². The van der Waals surface area contributed by atoms with Gasteiger partial charge in [0.25, 0.3) is 5.69 Å². The Bertz CT molecular complexity index is 2230. The highest BCUT2D eigenvalue weighted by molar-refractivity contribution is 7.92. The number of fused-ring (bicyclic) bond motifs is 2. The third-order valence-corrected chi connectivity index (χ3v) is 9.29. The molecule has 0 aliphatic heterocycles. The molecule has 2 aromatic heterocycles. The third-order valence-electron chi connectivity index (χ3n) is 7.47. The number of aryl methyl sites for hydroxylation is 1. The Balaban J connectivity index is 1.59. The van der Waals surface area contributed by atoms with Crippen molar-refractivity contribution in [3.63, 3.8) is 0 Å². The summed E-state index contributed by atoms with van der Waals surface area (Å²) in [4.78, 5) is 33.7. The van der Waals surface area contributed by atoms with Crippen LogP contribution in [-0.2, 0) is 14.6 Å². The minimum Gasteiger partial charge on any atom is -0.307 e. The van der Waals surface area contributed by atoms with Crippen molar-refractivity contribution in [3.05, 3.63) is 136 Å². The zero-order valence-corrected chi connectivity index (χ0v) is 25.1. The summed E-state index contributed by atoms with van der Waals surface area (Å²) in [6.45, 7) is 3.75. The van der Waals surface area contributed by atoms with Gasteiger partial charge in [0, 0.05) is 18.2 Å². The highest BCUT2D eigenvalue weighted by Crippen LogP contribution is 2.40. The molecule has 0 radical (unpaired) electrons. The average molecular weight is 618 g/mol. The summed E-state index contributed by atoms with van der Waals surface area (Å²) in [6.07, 6.45) is 2.63. The van der Waals surface area contributed by atoms with Crippen molar-refractivity contribution in [1.29, 1.82) is 0 Å². The predicted octanol–water partition coefficient (Wildman–Crippen LogP) is 6.90. The minimum absolute atomic E-state index is 0.00549. The smallest absolute Gasteiger partial charge is 0.270 e. The molecule has 0 saturated carbocycles. The number of nitrogens with zero attached hydrogens (tertiary/aromatic N) is 4. The van der Waals surface area contributed by atoms with E-state index in [1.54, 1.807) is 41.0 Å². The molecule has 0 aliphatic carbocycles. The zero-order valence-electron chi connectivity index (χ0n) is 24.3. The number of sulfone groups is 1. The molecule has 0 fully saturated rings. The highest BCUT2D eigenvalue weighted by Gasteiger charge is 2.34.